The molecular formula is C16H20N2O4S. The predicted octanol–water partition coefficient (Wildman–Crippen LogP) is 2.33. The summed E-state index contributed by atoms with van der Waals surface area (Å²) >= 11 is 1.54. The summed E-state index contributed by atoms with van der Waals surface area (Å²) in [5.41, 5.74) is 1.21. The van der Waals surface area contributed by atoms with Gasteiger partial charge in [0.2, 0.25) is 11.8 Å². The second-order valence-corrected chi connectivity index (χ2v) is 6.45. The molecule has 124 valence electrons. The Kier molecular flexibility index (Phi) is 5.65. The van der Waals surface area contributed by atoms with Gasteiger partial charge in [-0.05, 0) is 31.0 Å². The Bertz CT molecular complexity index is 633. The number of aromatic carboxylic acids is 1. The van der Waals surface area contributed by atoms with Gasteiger partial charge in [-0.25, -0.2) is 4.79 Å². The number of nitrogens with one attached hydrogen (secondary N) is 1. The average Bonchev–Trinajstić information content (AvgIpc) is 2.99. The number of aryl methyl sites for hydroxylation is 1. The Labute approximate surface area is 139 Å². The van der Waals surface area contributed by atoms with Crippen LogP contribution < -0.4 is 5.32 Å². The number of carboxylic acids is 1. The maximum absolute atomic E-state index is 12.4. The summed E-state index contributed by atoms with van der Waals surface area (Å²) in [6.07, 6.45) is 1.17. The number of thioether (sulfide) groups is 1. The minimum Gasteiger partial charge on any atom is -0.478 e. The van der Waals surface area contributed by atoms with E-state index in [0.717, 1.165) is 6.42 Å². The molecule has 1 fully saturated rings. The highest BCUT2D eigenvalue weighted by atomic mass is 32.2. The molecule has 0 aromatic heterocycles. The number of carbonyl (C=O) groups excluding carboxylic acids is 2. The van der Waals surface area contributed by atoms with E-state index in [2.05, 4.69) is 5.32 Å². The van der Waals surface area contributed by atoms with Gasteiger partial charge in [-0.3, -0.25) is 9.59 Å². The van der Waals surface area contributed by atoms with Crippen LogP contribution in [0.1, 0.15) is 35.7 Å². The summed E-state index contributed by atoms with van der Waals surface area (Å²) in [4.78, 5) is 37.2. The van der Waals surface area contributed by atoms with E-state index in [9.17, 15) is 14.4 Å². The van der Waals surface area contributed by atoms with E-state index in [1.807, 2.05) is 6.92 Å². The maximum Gasteiger partial charge on any atom is 0.336 e. The molecule has 1 atom stereocenters. The number of hydrogen-bond acceptors (Lipinski definition) is 4. The summed E-state index contributed by atoms with van der Waals surface area (Å²) in [6, 6.07) is 4.26. The number of anilines is 1. The minimum atomic E-state index is -1.03. The highest BCUT2D eigenvalue weighted by Gasteiger charge is 2.34. The van der Waals surface area contributed by atoms with Gasteiger partial charge in [0.25, 0.3) is 0 Å². The Hall–Kier alpha value is -2.02. The third-order valence-electron chi connectivity index (χ3n) is 3.70. The van der Waals surface area contributed by atoms with Crippen molar-refractivity contribution < 1.29 is 19.5 Å². The van der Waals surface area contributed by atoms with Crippen molar-refractivity contribution in [2.45, 2.75) is 32.7 Å². The molecule has 0 spiro atoms. The van der Waals surface area contributed by atoms with Crippen molar-refractivity contribution in [2.24, 2.45) is 0 Å². The van der Waals surface area contributed by atoms with E-state index in [-0.39, 0.29) is 17.4 Å². The molecule has 0 bridgehead atoms. The molecule has 1 heterocycles. The van der Waals surface area contributed by atoms with Gasteiger partial charge < -0.3 is 15.3 Å². The van der Waals surface area contributed by atoms with Crippen molar-refractivity contribution in [3.63, 3.8) is 0 Å². The largest absolute Gasteiger partial charge is 0.478 e. The monoisotopic (exact) mass is 336 g/mol. The standard InChI is InChI=1S/C16H20N2O4S/c1-3-4-14(19)18-9-23-8-13(18)15(20)17-11-6-5-10(2)12(7-11)16(21)22/h5-7,13H,3-4,8-9H2,1-2H3,(H,17,20)(H,21,22). The van der Waals surface area contributed by atoms with Gasteiger partial charge in [-0.2, -0.15) is 0 Å². The highest BCUT2D eigenvalue weighted by molar-refractivity contribution is 7.99. The molecule has 2 N–H and O–H groups in total. The van der Waals surface area contributed by atoms with Crippen LogP contribution in [0.15, 0.2) is 18.2 Å². The molecule has 0 aliphatic carbocycles. The maximum atomic E-state index is 12.4. The Balaban J connectivity index is 2.11. The van der Waals surface area contributed by atoms with Crippen molar-refractivity contribution in [1.29, 1.82) is 0 Å². The number of nitrogens with zero attached hydrogens (tertiary/aromatic N) is 1. The van der Waals surface area contributed by atoms with Crippen molar-refractivity contribution in [2.75, 3.05) is 16.9 Å². The first kappa shape index (κ1) is 17.3. The molecule has 0 saturated carbocycles. The van der Waals surface area contributed by atoms with Crippen LogP contribution in [0.25, 0.3) is 0 Å². The highest BCUT2D eigenvalue weighted by Crippen LogP contribution is 2.24. The molecule has 1 aliphatic rings. The van der Waals surface area contributed by atoms with E-state index < -0.39 is 12.0 Å². The molecule has 2 rings (SSSR count). The van der Waals surface area contributed by atoms with Gasteiger partial charge in [0.15, 0.2) is 0 Å². The summed E-state index contributed by atoms with van der Waals surface area (Å²) in [5.74, 6) is -0.258. The third-order valence-corrected chi connectivity index (χ3v) is 4.72. The number of rotatable bonds is 5. The lowest BCUT2D eigenvalue weighted by Gasteiger charge is -2.23. The van der Waals surface area contributed by atoms with Crippen molar-refractivity contribution in [1.82, 2.24) is 4.90 Å². The van der Waals surface area contributed by atoms with E-state index in [1.54, 1.807) is 35.7 Å². The van der Waals surface area contributed by atoms with Gasteiger partial charge in [0, 0.05) is 17.9 Å². The van der Waals surface area contributed by atoms with Gasteiger partial charge in [-0.1, -0.05) is 13.0 Å². The molecule has 2 amide bonds. The normalized spacial score (nSPS) is 17.1. The van der Waals surface area contributed by atoms with Crippen LogP contribution >= 0.6 is 11.8 Å². The van der Waals surface area contributed by atoms with Crippen LogP contribution in [-0.2, 0) is 9.59 Å². The number of hydrogen-bond donors (Lipinski definition) is 2. The topological polar surface area (TPSA) is 86.7 Å². The Morgan fingerprint density at radius 2 is 2.13 bits per heavy atom. The van der Waals surface area contributed by atoms with Crippen LogP contribution in [0.4, 0.5) is 5.69 Å². The van der Waals surface area contributed by atoms with E-state index in [1.165, 1.54) is 6.07 Å². The second-order valence-electron chi connectivity index (χ2n) is 5.45. The zero-order chi connectivity index (χ0) is 17.0. The summed E-state index contributed by atoms with van der Waals surface area (Å²) in [7, 11) is 0. The summed E-state index contributed by atoms with van der Waals surface area (Å²) < 4.78 is 0. The lowest BCUT2D eigenvalue weighted by Crippen LogP contribution is -2.44. The SMILES string of the molecule is CCCC(=O)N1CSCC1C(=O)Nc1ccc(C)c(C(=O)O)c1. The first-order valence-corrected chi connectivity index (χ1v) is 8.61. The van der Waals surface area contributed by atoms with Crippen LogP contribution in [0.2, 0.25) is 0 Å². The summed E-state index contributed by atoms with van der Waals surface area (Å²) in [5, 5.41) is 11.9. The first-order valence-electron chi connectivity index (χ1n) is 7.46. The molecule has 0 radical (unpaired) electrons. The lowest BCUT2D eigenvalue weighted by atomic mass is 10.1. The smallest absolute Gasteiger partial charge is 0.336 e. The van der Waals surface area contributed by atoms with Gasteiger partial charge >= 0.3 is 5.97 Å². The number of carbonyl (C=O) groups is 3. The molecule has 23 heavy (non-hydrogen) atoms. The fourth-order valence-electron chi connectivity index (χ4n) is 2.42. The van der Waals surface area contributed by atoms with Crippen LogP contribution in [0.5, 0.6) is 0 Å². The lowest BCUT2D eigenvalue weighted by molar-refractivity contribution is -0.136. The summed E-state index contributed by atoms with van der Waals surface area (Å²) in [6.45, 7) is 3.63. The zero-order valence-electron chi connectivity index (χ0n) is 13.2. The molecule has 7 heteroatoms. The Morgan fingerprint density at radius 1 is 1.39 bits per heavy atom. The molecule has 1 aromatic carbocycles. The van der Waals surface area contributed by atoms with Crippen LogP contribution in [0.3, 0.4) is 0 Å². The third kappa shape index (κ3) is 4.04. The number of benzene rings is 1. The molecule has 1 saturated heterocycles. The second kappa shape index (κ2) is 7.50. The van der Waals surface area contributed by atoms with Gasteiger partial charge in [0.05, 0.1) is 11.4 Å². The zero-order valence-corrected chi connectivity index (χ0v) is 14.0. The number of carboxylic acid groups (broad SMARTS) is 1. The quantitative estimate of drug-likeness (QED) is 0.862. The Morgan fingerprint density at radius 3 is 2.78 bits per heavy atom. The van der Waals surface area contributed by atoms with Crippen molar-refractivity contribution in [3.8, 4) is 0 Å². The molecule has 6 nitrogen and oxygen atoms in total. The van der Waals surface area contributed by atoms with E-state index in [0.29, 0.717) is 29.3 Å². The predicted molar refractivity (Wildman–Crippen MR) is 89.6 cm³/mol. The van der Waals surface area contributed by atoms with Crippen molar-refractivity contribution >= 4 is 35.2 Å². The average molecular weight is 336 g/mol. The molecule has 1 unspecified atom stereocenters. The van der Waals surface area contributed by atoms with Crippen molar-refractivity contribution in [3.05, 3.63) is 29.3 Å². The van der Waals surface area contributed by atoms with Gasteiger partial charge in [0.1, 0.15) is 6.04 Å². The number of amides is 2. The van der Waals surface area contributed by atoms with Crippen LogP contribution in [0, 0.1) is 6.92 Å². The van der Waals surface area contributed by atoms with Crippen LogP contribution in [-0.4, -0.2) is 45.5 Å². The van der Waals surface area contributed by atoms with E-state index >= 15 is 0 Å². The fourth-order valence-corrected chi connectivity index (χ4v) is 3.60. The fraction of sp³-hybridized carbons (Fsp3) is 0.438. The molecular weight excluding hydrogens is 316 g/mol. The van der Waals surface area contributed by atoms with Gasteiger partial charge in [-0.15, -0.1) is 11.8 Å². The molecule has 1 aromatic rings. The minimum absolute atomic E-state index is 0.0206. The van der Waals surface area contributed by atoms with E-state index in [4.69, 9.17) is 5.11 Å². The first-order chi connectivity index (χ1) is 10.9. The molecule has 1 aliphatic heterocycles.